The molecular weight excluding hydrogens is 342 g/mol. The van der Waals surface area contributed by atoms with Gasteiger partial charge in [0.25, 0.3) is 0 Å². The lowest BCUT2D eigenvalue weighted by Crippen LogP contribution is -2.23. The molecule has 108 valence electrons. The van der Waals surface area contributed by atoms with Crippen molar-refractivity contribution in [2.24, 2.45) is 0 Å². The van der Waals surface area contributed by atoms with Gasteiger partial charge in [-0.1, -0.05) is 23.7 Å². The molecule has 0 bridgehead atoms. The van der Waals surface area contributed by atoms with Crippen LogP contribution in [0.15, 0.2) is 34.9 Å². The van der Waals surface area contributed by atoms with Crippen molar-refractivity contribution in [1.82, 2.24) is 15.1 Å². The van der Waals surface area contributed by atoms with Gasteiger partial charge in [0.2, 0.25) is 0 Å². The van der Waals surface area contributed by atoms with Crippen LogP contribution in [-0.2, 0) is 11.3 Å². The molecule has 0 spiro atoms. The van der Waals surface area contributed by atoms with Gasteiger partial charge in [0.1, 0.15) is 0 Å². The second-order valence-corrected chi connectivity index (χ2v) is 5.66. The third kappa shape index (κ3) is 3.41. The topological polar surface area (TPSA) is 39.1 Å². The molecule has 0 aliphatic heterocycles. The second-order valence-electron chi connectivity index (χ2n) is 4.37. The monoisotopic (exact) mass is 357 g/mol. The molecule has 1 N–H and O–H groups in total. The van der Waals surface area contributed by atoms with Gasteiger partial charge >= 0.3 is 0 Å². The lowest BCUT2D eigenvalue weighted by Gasteiger charge is -2.19. The fraction of sp³-hybridized carbons (Fsp3) is 0.357. The molecule has 1 atom stereocenters. The molecule has 0 saturated carbocycles. The van der Waals surface area contributed by atoms with Crippen molar-refractivity contribution in [1.29, 1.82) is 0 Å². The highest BCUT2D eigenvalue weighted by Gasteiger charge is 2.20. The van der Waals surface area contributed by atoms with Crippen LogP contribution in [0, 0.1) is 0 Å². The predicted molar refractivity (Wildman–Crippen MR) is 84.2 cm³/mol. The van der Waals surface area contributed by atoms with Crippen molar-refractivity contribution in [2.75, 3.05) is 20.8 Å². The summed E-state index contributed by atoms with van der Waals surface area (Å²) >= 11 is 9.52. The van der Waals surface area contributed by atoms with E-state index in [2.05, 4.69) is 26.3 Å². The number of aromatic nitrogens is 2. The predicted octanol–water partition coefficient (Wildman–Crippen LogP) is 3.25. The Morgan fingerprint density at radius 2 is 2.10 bits per heavy atom. The van der Waals surface area contributed by atoms with Gasteiger partial charge in [0.15, 0.2) is 0 Å². The van der Waals surface area contributed by atoms with E-state index in [9.17, 15) is 0 Å². The number of benzene rings is 1. The molecule has 0 aliphatic rings. The average molecular weight is 359 g/mol. The van der Waals surface area contributed by atoms with Crippen molar-refractivity contribution in [3.63, 3.8) is 0 Å². The summed E-state index contributed by atoms with van der Waals surface area (Å²) in [4.78, 5) is 0. The zero-order valence-corrected chi connectivity index (χ0v) is 13.8. The molecule has 0 amide bonds. The van der Waals surface area contributed by atoms with Gasteiger partial charge < -0.3 is 10.1 Å². The molecule has 4 nitrogen and oxygen atoms in total. The molecule has 1 heterocycles. The summed E-state index contributed by atoms with van der Waals surface area (Å²) in [5.41, 5.74) is 2.21. The Kier molecular flexibility index (Phi) is 5.60. The molecule has 6 heteroatoms. The first-order chi connectivity index (χ1) is 9.67. The first-order valence-electron chi connectivity index (χ1n) is 6.30. The maximum atomic E-state index is 5.95. The average Bonchev–Trinajstić information content (AvgIpc) is 2.81. The van der Waals surface area contributed by atoms with E-state index in [1.165, 1.54) is 0 Å². The summed E-state index contributed by atoms with van der Waals surface area (Å²) in [7, 11) is 3.62. The molecule has 1 unspecified atom stereocenters. The molecule has 0 aliphatic carbocycles. The summed E-state index contributed by atoms with van der Waals surface area (Å²) in [6, 6.07) is 7.87. The highest BCUT2D eigenvalue weighted by molar-refractivity contribution is 9.10. The van der Waals surface area contributed by atoms with E-state index >= 15 is 0 Å². The lowest BCUT2D eigenvalue weighted by atomic mass is 10.0. The van der Waals surface area contributed by atoms with Crippen molar-refractivity contribution in [3.8, 4) is 0 Å². The van der Waals surface area contributed by atoms with Gasteiger partial charge in [0, 0.05) is 12.1 Å². The van der Waals surface area contributed by atoms with Crippen molar-refractivity contribution in [3.05, 3.63) is 51.2 Å². The highest BCUT2D eigenvalue weighted by Crippen LogP contribution is 2.29. The SMILES string of the molecule is CNC(c1ccc(Cl)cc1)c1c(Br)cnn1CCOC. The summed E-state index contributed by atoms with van der Waals surface area (Å²) in [6.07, 6.45) is 1.81. The van der Waals surface area contributed by atoms with Gasteiger partial charge in [-0.15, -0.1) is 0 Å². The van der Waals surface area contributed by atoms with E-state index in [4.69, 9.17) is 16.3 Å². The van der Waals surface area contributed by atoms with E-state index in [1.807, 2.05) is 42.2 Å². The molecule has 2 rings (SSSR count). The van der Waals surface area contributed by atoms with Gasteiger partial charge in [-0.2, -0.15) is 5.10 Å². The van der Waals surface area contributed by atoms with Gasteiger partial charge in [-0.25, -0.2) is 0 Å². The highest BCUT2D eigenvalue weighted by atomic mass is 79.9. The number of hydrogen-bond acceptors (Lipinski definition) is 3. The lowest BCUT2D eigenvalue weighted by molar-refractivity contribution is 0.182. The van der Waals surface area contributed by atoms with Crippen LogP contribution >= 0.6 is 27.5 Å². The molecule has 0 saturated heterocycles. The van der Waals surface area contributed by atoms with Crippen LogP contribution in [-0.4, -0.2) is 30.5 Å². The fourth-order valence-corrected chi connectivity index (χ4v) is 2.78. The number of methoxy groups -OCH3 is 1. The van der Waals surface area contributed by atoms with Crippen LogP contribution in [0.1, 0.15) is 17.3 Å². The molecule has 0 radical (unpaired) electrons. The molecular formula is C14H17BrClN3O. The van der Waals surface area contributed by atoms with Crippen LogP contribution in [0.3, 0.4) is 0 Å². The van der Waals surface area contributed by atoms with Gasteiger partial charge in [-0.05, 0) is 40.7 Å². The summed E-state index contributed by atoms with van der Waals surface area (Å²) in [5, 5.41) is 8.44. The third-order valence-corrected chi connectivity index (χ3v) is 3.97. The van der Waals surface area contributed by atoms with Crippen molar-refractivity contribution in [2.45, 2.75) is 12.6 Å². The Balaban J connectivity index is 2.35. The second kappa shape index (κ2) is 7.22. The van der Waals surface area contributed by atoms with E-state index in [1.54, 1.807) is 7.11 Å². The molecule has 2 aromatic rings. The number of nitrogens with zero attached hydrogens (tertiary/aromatic N) is 2. The third-order valence-electron chi connectivity index (χ3n) is 3.11. The maximum absolute atomic E-state index is 5.95. The van der Waals surface area contributed by atoms with Gasteiger partial charge in [0.05, 0.1) is 35.6 Å². The standard InChI is InChI=1S/C14H17BrClN3O/c1-17-13(10-3-5-11(16)6-4-10)14-12(15)9-18-19(14)7-8-20-2/h3-6,9,13,17H,7-8H2,1-2H3. The zero-order chi connectivity index (χ0) is 14.5. The first-order valence-corrected chi connectivity index (χ1v) is 7.47. The molecule has 1 aromatic carbocycles. The number of hydrogen-bond donors (Lipinski definition) is 1. The largest absolute Gasteiger partial charge is 0.383 e. The fourth-order valence-electron chi connectivity index (χ4n) is 2.13. The maximum Gasteiger partial charge on any atom is 0.0757 e. The molecule has 1 aromatic heterocycles. The Hall–Kier alpha value is -0.880. The summed E-state index contributed by atoms with van der Waals surface area (Å²) in [5.74, 6) is 0. The van der Waals surface area contributed by atoms with Crippen molar-refractivity contribution < 1.29 is 4.74 Å². The van der Waals surface area contributed by atoms with Crippen LogP contribution in [0.4, 0.5) is 0 Å². The van der Waals surface area contributed by atoms with Crippen molar-refractivity contribution >= 4 is 27.5 Å². The smallest absolute Gasteiger partial charge is 0.0757 e. The molecule has 0 fully saturated rings. The zero-order valence-electron chi connectivity index (χ0n) is 11.4. The molecule has 20 heavy (non-hydrogen) atoms. The Bertz CT molecular complexity index is 556. The first kappa shape index (κ1) is 15.5. The normalized spacial score (nSPS) is 12.6. The number of rotatable bonds is 6. The number of nitrogens with one attached hydrogen (secondary N) is 1. The Morgan fingerprint density at radius 1 is 1.40 bits per heavy atom. The minimum atomic E-state index is 0.0426. The van der Waals surface area contributed by atoms with E-state index < -0.39 is 0 Å². The minimum absolute atomic E-state index is 0.0426. The van der Waals surface area contributed by atoms with E-state index in [0.29, 0.717) is 13.2 Å². The van der Waals surface area contributed by atoms with Crippen LogP contribution in [0.2, 0.25) is 5.02 Å². The quantitative estimate of drug-likeness (QED) is 0.861. The number of halogens is 2. The summed E-state index contributed by atoms with van der Waals surface area (Å²) in [6.45, 7) is 1.33. The van der Waals surface area contributed by atoms with E-state index in [0.717, 1.165) is 20.8 Å². The van der Waals surface area contributed by atoms with E-state index in [-0.39, 0.29) is 6.04 Å². The minimum Gasteiger partial charge on any atom is -0.383 e. The van der Waals surface area contributed by atoms with Crippen LogP contribution in [0.5, 0.6) is 0 Å². The van der Waals surface area contributed by atoms with Crippen LogP contribution < -0.4 is 5.32 Å². The Labute approximate surface area is 132 Å². The van der Waals surface area contributed by atoms with Crippen LogP contribution in [0.25, 0.3) is 0 Å². The number of ether oxygens (including phenoxy) is 1. The van der Waals surface area contributed by atoms with Gasteiger partial charge in [-0.3, -0.25) is 4.68 Å². The Morgan fingerprint density at radius 3 is 2.70 bits per heavy atom. The summed E-state index contributed by atoms with van der Waals surface area (Å²) < 4.78 is 8.05.